The van der Waals surface area contributed by atoms with Crippen LogP contribution in [0.1, 0.15) is 46.3 Å². The van der Waals surface area contributed by atoms with Crippen molar-refractivity contribution < 1.29 is 9.90 Å². The molecule has 0 atom stereocenters. The third-order valence-corrected chi connectivity index (χ3v) is 5.64. The van der Waals surface area contributed by atoms with Crippen LogP contribution in [0.2, 0.25) is 0 Å². The number of aromatic hydroxyl groups is 1. The molecule has 3 aromatic carbocycles. The number of hydrogen-bond acceptors (Lipinski definition) is 5. The number of hydrogen-bond donors (Lipinski definition) is 2. The maximum absolute atomic E-state index is 12.3. The van der Waals surface area contributed by atoms with Crippen molar-refractivity contribution in [3.63, 3.8) is 0 Å². The average molecular weight is 412 g/mol. The number of amides is 1. The van der Waals surface area contributed by atoms with Gasteiger partial charge in [0.05, 0.1) is 11.8 Å². The van der Waals surface area contributed by atoms with Gasteiger partial charge in [-0.1, -0.05) is 42.8 Å². The maximum Gasteiger partial charge on any atom is 0.271 e. The van der Waals surface area contributed by atoms with E-state index in [2.05, 4.69) is 39.7 Å². The van der Waals surface area contributed by atoms with Crippen molar-refractivity contribution in [3.8, 4) is 11.8 Å². The van der Waals surface area contributed by atoms with Crippen LogP contribution in [0.5, 0.6) is 5.75 Å². The zero-order chi connectivity index (χ0) is 21.6. The highest BCUT2D eigenvalue weighted by Crippen LogP contribution is 2.24. The Hall–Kier alpha value is -3.69. The lowest BCUT2D eigenvalue weighted by atomic mass is 9.99. The smallest absolute Gasteiger partial charge is 0.271 e. The summed E-state index contributed by atoms with van der Waals surface area (Å²) in [6.45, 7) is 3.24. The fraction of sp³-hybridized carbons (Fsp3) is 0.240. The molecular formula is C25H24N4O2. The van der Waals surface area contributed by atoms with Crippen LogP contribution in [0.4, 0.5) is 0 Å². The number of nitriles is 1. The molecule has 1 aliphatic rings. The van der Waals surface area contributed by atoms with E-state index in [0.29, 0.717) is 0 Å². The van der Waals surface area contributed by atoms with Crippen molar-refractivity contribution in [3.05, 3.63) is 76.9 Å². The topological polar surface area (TPSA) is 88.7 Å². The Morgan fingerprint density at radius 2 is 1.87 bits per heavy atom. The molecule has 6 heteroatoms. The van der Waals surface area contributed by atoms with Crippen molar-refractivity contribution in [2.45, 2.75) is 25.8 Å². The van der Waals surface area contributed by atoms with Crippen molar-refractivity contribution in [2.75, 3.05) is 13.1 Å². The van der Waals surface area contributed by atoms with Crippen molar-refractivity contribution in [1.29, 1.82) is 5.26 Å². The summed E-state index contributed by atoms with van der Waals surface area (Å²) in [7, 11) is 0. The molecule has 3 aromatic rings. The molecule has 0 bridgehead atoms. The summed E-state index contributed by atoms with van der Waals surface area (Å²) < 4.78 is 0. The number of benzene rings is 3. The molecule has 156 valence electrons. The number of piperidine rings is 1. The van der Waals surface area contributed by atoms with E-state index in [1.165, 1.54) is 48.4 Å². The first-order valence-electron chi connectivity index (χ1n) is 10.5. The minimum absolute atomic E-state index is 0.0481. The first kappa shape index (κ1) is 20.6. The third-order valence-electron chi connectivity index (χ3n) is 5.64. The van der Waals surface area contributed by atoms with E-state index < -0.39 is 5.91 Å². The van der Waals surface area contributed by atoms with Crippen molar-refractivity contribution >= 4 is 22.9 Å². The molecule has 0 aromatic heterocycles. The largest absolute Gasteiger partial charge is 0.507 e. The molecule has 1 fully saturated rings. The van der Waals surface area contributed by atoms with Gasteiger partial charge in [0, 0.05) is 17.7 Å². The molecule has 0 radical (unpaired) electrons. The maximum atomic E-state index is 12.3. The molecule has 1 heterocycles. The molecule has 1 amide bonds. The summed E-state index contributed by atoms with van der Waals surface area (Å²) in [5, 5.41) is 25.0. The lowest BCUT2D eigenvalue weighted by molar-refractivity contribution is 0.0955. The summed E-state index contributed by atoms with van der Waals surface area (Å²) in [5.41, 5.74) is 5.02. The predicted octanol–water partition coefficient (Wildman–Crippen LogP) is 4.17. The van der Waals surface area contributed by atoms with E-state index in [1.54, 1.807) is 6.21 Å². The molecule has 4 rings (SSSR count). The van der Waals surface area contributed by atoms with Gasteiger partial charge in [0.2, 0.25) is 0 Å². The van der Waals surface area contributed by atoms with E-state index in [-0.39, 0.29) is 16.9 Å². The number of carbonyl (C=O) groups excluding carboxylic acids is 1. The molecule has 2 N–H and O–H groups in total. The van der Waals surface area contributed by atoms with E-state index >= 15 is 0 Å². The molecule has 0 spiro atoms. The second kappa shape index (κ2) is 9.41. The Morgan fingerprint density at radius 1 is 1.10 bits per heavy atom. The zero-order valence-corrected chi connectivity index (χ0v) is 17.2. The minimum Gasteiger partial charge on any atom is -0.507 e. The predicted molar refractivity (Wildman–Crippen MR) is 121 cm³/mol. The summed E-state index contributed by atoms with van der Waals surface area (Å²) in [5.74, 6) is -0.600. The Bertz CT molecular complexity index is 1170. The molecule has 6 nitrogen and oxygen atoms in total. The van der Waals surface area contributed by atoms with Gasteiger partial charge < -0.3 is 5.11 Å². The zero-order valence-electron chi connectivity index (χ0n) is 17.2. The van der Waals surface area contributed by atoms with Gasteiger partial charge in [0.15, 0.2) is 0 Å². The molecule has 0 saturated carbocycles. The van der Waals surface area contributed by atoms with Gasteiger partial charge in [0.25, 0.3) is 5.91 Å². The van der Waals surface area contributed by atoms with Crippen LogP contribution in [0, 0.1) is 11.3 Å². The minimum atomic E-state index is -0.446. The van der Waals surface area contributed by atoms with Crippen LogP contribution in [0.15, 0.2) is 59.7 Å². The molecular weight excluding hydrogens is 388 g/mol. The van der Waals surface area contributed by atoms with E-state index in [4.69, 9.17) is 5.26 Å². The van der Waals surface area contributed by atoms with Crippen molar-refractivity contribution in [1.82, 2.24) is 10.3 Å². The first-order valence-corrected chi connectivity index (χ1v) is 10.5. The lowest BCUT2D eigenvalue weighted by Crippen LogP contribution is -2.29. The standard InChI is InChI=1S/C25H24N4O2/c26-15-21-14-18(10-11-24(21)30)25(31)28-27-16-19-6-4-9-23-20(7-5-8-22(19)23)17-29-12-2-1-3-13-29/h4-11,14,16,30H,1-3,12-13,17H2,(H,28,31)/b27-16+. The lowest BCUT2D eigenvalue weighted by Gasteiger charge is -2.27. The van der Waals surface area contributed by atoms with Crippen LogP contribution in [0.25, 0.3) is 10.8 Å². The molecule has 1 saturated heterocycles. The van der Waals surface area contributed by atoms with Crippen molar-refractivity contribution in [2.24, 2.45) is 5.10 Å². The summed E-state index contributed by atoms with van der Waals surface area (Å²) in [6, 6.07) is 18.4. The molecule has 0 unspecified atom stereocenters. The van der Waals surface area contributed by atoms with Gasteiger partial charge in [-0.25, -0.2) is 5.43 Å². The Morgan fingerprint density at radius 3 is 2.68 bits per heavy atom. The third kappa shape index (κ3) is 4.73. The number of fused-ring (bicyclic) bond motifs is 1. The van der Waals surface area contributed by atoms with Gasteiger partial charge in [0.1, 0.15) is 11.8 Å². The molecule has 0 aliphatic carbocycles. The van der Waals surface area contributed by atoms with E-state index in [9.17, 15) is 9.90 Å². The van der Waals surface area contributed by atoms with Crippen LogP contribution >= 0.6 is 0 Å². The summed E-state index contributed by atoms with van der Waals surface area (Å²) in [6.07, 6.45) is 5.48. The average Bonchev–Trinajstić information content (AvgIpc) is 2.80. The summed E-state index contributed by atoms with van der Waals surface area (Å²) >= 11 is 0. The molecule has 31 heavy (non-hydrogen) atoms. The monoisotopic (exact) mass is 412 g/mol. The summed E-state index contributed by atoms with van der Waals surface area (Å²) in [4.78, 5) is 14.8. The Labute approximate surface area is 181 Å². The van der Waals surface area contributed by atoms with E-state index in [0.717, 1.165) is 30.6 Å². The normalized spacial score (nSPS) is 14.5. The Kier molecular flexibility index (Phi) is 6.25. The van der Waals surface area contributed by atoms with Crippen LogP contribution in [-0.4, -0.2) is 35.2 Å². The number of hydrazone groups is 1. The van der Waals surface area contributed by atoms with Crippen LogP contribution < -0.4 is 5.43 Å². The van der Waals surface area contributed by atoms with Gasteiger partial charge >= 0.3 is 0 Å². The number of phenols is 1. The Balaban J connectivity index is 1.52. The number of phenolic OH excluding ortho intramolecular Hbond substituents is 1. The second-order valence-corrected chi connectivity index (χ2v) is 7.74. The highest BCUT2D eigenvalue weighted by molar-refractivity contribution is 6.02. The number of nitrogens with one attached hydrogen (secondary N) is 1. The number of likely N-dealkylation sites (tertiary alicyclic amines) is 1. The second-order valence-electron chi connectivity index (χ2n) is 7.74. The number of carbonyl (C=O) groups is 1. The van der Waals surface area contributed by atoms with Crippen LogP contribution in [-0.2, 0) is 6.54 Å². The van der Waals surface area contributed by atoms with Gasteiger partial charge in [-0.3, -0.25) is 9.69 Å². The number of rotatable bonds is 5. The highest BCUT2D eigenvalue weighted by atomic mass is 16.3. The number of nitrogens with zero attached hydrogens (tertiary/aromatic N) is 3. The van der Waals surface area contributed by atoms with Crippen LogP contribution in [0.3, 0.4) is 0 Å². The first-order chi connectivity index (χ1) is 15.2. The van der Waals surface area contributed by atoms with Gasteiger partial charge in [-0.15, -0.1) is 0 Å². The van der Waals surface area contributed by atoms with Gasteiger partial charge in [-0.05, 0) is 60.5 Å². The van der Waals surface area contributed by atoms with E-state index in [1.807, 2.05) is 18.2 Å². The molecule has 1 aliphatic heterocycles. The fourth-order valence-corrected chi connectivity index (χ4v) is 4.00. The highest BCUT2D eigenvalue weighted by Gasteiger charge is 2.13. The SMILES string of the molecule is N#Cc1cc(C(=O)N/N=C/c2cccc3c(CN4CCCCC4)cccc23)ccc1O. The van der Waals surface area contributed by atoms with Gasteiger partial charge in [-0.2, -0.15) is 10.4 Å². The fourth-order valence-electron chi connectivity index (χ4n) is 4.00. The quantitative estimate of drug-likeness (QED) is 0.486.